The van der Waals surface area contributed by atoms with E-state index in [1.165, 1.54) is 0 Å². The number of benzene rings is 1. The number of amides is 1. The summed E-state index contributed by atoms with van der Waals surface area (Å²) in [6.07, 6.45) is 0.640. The molecular formula is C12H12N2O2. The standard InChI is InChI=1S/C12H12N2O2/c1-8-9(2)16-12(14-8)10-5-3-4-6-11(10)13-7-15/h3-7H,1-2H3,(H,13,15). The third-order valence-corrected chi connectivity index (χ3v) is 2.40. The van der Waals surface area contributed by atoms with Crippen molar-refractivity contribution < 1.29 is 9.21 Å². The van der Waals surface area contributed by atoms with Crippen LogP contribution in [0.15, 0.2) is 28.7 Å². The maximum absolute atomic E-state index is 10.5. The Balaban J connectivity index is 2.50. The zero-order valence-electron chi connectivity index (χ0n) is 9.15. The van der Waals surface area contributed by atoms with E-state index in [1.54, 1.807) is 6.07 Å². The first kappa shape index (κ1) is 10.4. The Morgan fingerprint density at radius 2 is 2.06 bits per heavy atom. The highest BCUT2D eigenvalue weighted by Crippen LogP contribution is 2.27. The molecule has 0 saturated carbocycles. The van der Waals surface area contributed by atoms with E-state index < -0.39 is 0 Å². The summed E-state index contributed by atoms with van der Waals surface area (Å²) < 4.78 is 5.52. The number of para-hydroxylation sites is 1. The zero-order valence-corrected chi connectivity index (χ0v) is 9.15. The van der Waals surface area contributed by atoms with Gasteiger partial charge in [-0.25, -0.2) is 4.98 Å². The predicted molar refractivity (Wildman–Crippen MR) is 61.1 cm³/mol. The molecule has 0 unspecified atom stereocenters. The van der Waals surface area contributed by atoms with Crippen molar-refractivity contribution >= 4 is 12.1 Å². The lowest BCUT2D eigenvalue weighted by molar-refractivity contribution is -0.105. The van der Waals surface area contributed by atoms with Crippen LogP contribution < -0.4 is 5.32 Å². The van der Waals surface area contributed by atoms with E-state index in [2.05, 4.69) is 10.3 Å². The minimum absolute atomic E-state index is 0.528. The molecule has 0 fully saturated rings. The van der Waals surface area contributed by atoms with Crippen LogP contribution in [0.5, 0.6) is 0 Å². The SMILES string of the molecule is Cc1nc(-c2ccccc2NC=O)oc1C. The lowest BCUT2D eigenvalue weighted by Crippen LogP contribution is -1.95. The first-order valence-corrected chi connectivity index (χ1v) is 4.96. The van der Waals surface area contributed by atoms with Gasteiger partial charge in [0.05, 0.1) is 16.9 Å². The number of nitrogens with zero attached hydrogens (tertiary/aromatic N) is 1. The predicted octanol–water partition coefficient (Wildman–Crippen LogP) is 2.53. The molecule has 0 aliphatic carbocycles. The summed E-state index contributed by atoms with van der Waals surface area (Å²) in [5.41, 5.74) is 2.33. The van der Waals surface area contributed by atoms with Crippen molar-refractivity contribution in [2.75, 3.05) is 5.32 Å². The summed E-state index contributed by atoms with van der Waals surface area (Å²) in [6, 6.07) is 7.38. The van der Waals surface area contributed by atoms with Crippen molar-refractivity contribution in [1.29, 1.82) is 0 Å². The fourth-order valence-corrected chi connectivity index (χ4v) is 1.45. The highest BCUT2D eigenvalue weighted by molar-refractivity contribution is 5.82. The quantitative estimate of drug-likeness (QED) is 0.802. The van der Waals surface area contributed by atoms with Crippen molar-refractivity contribution in [2.24, 2.45) is 0 Å². The van der Waals surface area contributed by atoms with E-state index in [4.69, 9.17) is 4.42 Å². The Hall–Kier alpha value is -2.10. The largest absolute Gasteiger partial charge is 0.441 e. The monoisotopic (exact) mass is 216 g/mol. The minimum atomic E-state index is 0.528. The normalized spacial score (nSPS) is 10.1. The molecular weight excluding hydrogens is 204 g/mol. The van der Waals surface area contributed by atoms with Crippen LogP contribution in [-0.2, 0) is 4.79 Å². The molecule has 82 valence electrons. The van der Waals surface area contributed by atoms with E-state index >= 15 is 0 Å². The number of aryl methyl sites for hydroxylation is 2. The lowest BCUT2D eigenvalue weighted by atomic mass is 10.2. The molecule has 1 aromatic heterocycles. The van der Waals surface area contributed by atoms with E-state index in [0.29, 0.717) is 18.0 Å². The van der Waals surface area contributed by atoms with Gasteiger partial charge in [-0.1, -0.05) is 12.1 Å². The lowest BCUT2D eigenvalue weighted by Gasteiger charge is -2.03. The Morgan fingerprint density at radius 1 is 1.31 bits per heavy atom. The fourth-order valence-electron chi connectivity index (χ4n) is 1.45. The Morgan fingerprint density at radius 3 is 2.69 bits per heavy atom. The number of anilines is 1. The van der Waals surface area contributed by atoms with Crippen LogP contribution in [0.1, 0.15) is 11.5 Å². The number of hydrogen-bond acceptors (Lipinski definition) is 3. The van der Waals surface area contributed by atoms with Gasteiger partial charge in [0.15, 0.2) is 0 Å². The van der Waals surface area contributed by atoms with Gasteiger partial charge >= 0.3 is 0 Å². The Kier molecular flexibility index (Phi) is 2.72. The number of carbonyl (C=O) groups excluding carboxylic acids is 1. The second kappa shape index (κ2) is 4.18. The van der Waals surface area contributed by atoms with Gasteiger partial charge in [-0.05, 0) is 26.0 Å². The molecule has 0 atom stereocenters. The second-order valence-electron chi connectivity index (χ2n) is 3.47. The van der Waals surface area contributed by atoms with Gasteiger partial charge in [0.2, 0.25) is 12.3 Å². The van der Waals surface area contributed by atoms with Crippen LogP contribution >= 0.6 is 0 Å². The number of oxazole rings is 1. The van der Waals surface area contributed by atoms with Crippen LogP contribution in [-0.4, -0.2) is 11.4 Å². The van der Waals surface area contributed by atoms with Crippen LogP contribution in [0.25, 0.3) is 11.5 Å². The third kappa shape index (κ3) is 1.82. The number of carbonyl (C=O) groups is 1. The fraction of sp³-hybridized carbons (Fsp3) is 0.167. The maximum atomic E-state index is 10.5. The summed E-state index contributed by atoms with van der Waals surface area (Å²) in [5.74, 6) is 1.32. The van der Waals surface area contributed by atoms with Crippen LogP contribution in [0, 0.1) is 13.8 Å². The van der Waals surface area contributed by atoms with Crippen LogP contribution in [0.2, 0.25) is 0 Å². The summed E-state index contributed by atoms with van der Waals surface area (Å²) >= 11 is 0. The molecule has 0 bridgehead atoms. The molecule has 0 saturated heterocycles. The van der Waals surface area contributed by atoms with Gasteiger partial charge in [-0.3, -0.25) is 4.79 Å². The molecule has 2 rings (SSSR count). The van der Waals surface area contributed by atoms with Crippen molar-refractivity contribution in [3.8, 4) is 11.5 Å². The molecule has 1 N–H and O–H groups in total. The summed E-state index contributed by atoms with van der Waals surface area (Å²) in [4.78, 5) is 14.8. The molecule has 0 aliphatic heterocycles. The molecule has 0 aliphatic rings. The van der Waals surface area contributed by atoms with Crippen molar-refractivity contribution in [3.63, 3.8) is 0 Å². The summed E-state index contributed by atoms with van der Waals surface area (Å²) in [7, 11) is 0. The first-order valence-electron chi connectivity index (χ1n) is 4.96. The molecule has 1 amide bonds. The third-order valence-electron chi connectivity index (χ3n) is 2.40. The number of aromatic nitrogens is 1. The average Bonchev–Trinajstić information content (AvgIpc) is 2.60. The van der Waals surface area contributed by atoms with Gasteiger partial charge in [0.1, 0.15) is 5.76 Å². The van der Waals surface area contributed by atoms with Crippen molar-refractivity contribution in [3.05, 3.63) is 35.7 Å². The molecule has 16 heavy (non-hydrogen) atoms. The molecule has 2 aromatic rings. The minimum Gasteiger partial charge on any atom is -0.441 e. The molecule has 4 nitrogen and oxygen atoms in total. The second-order valence-corrected chi connectivity index (χ2v) is 3.47. The van der Waals surface area contributed by atoms with Crippen LogP contribution in [0.4, 0.5) is 5.69 Å². The smallest absolute Gasteiger partial charge is 0.228 e. The van der Waals surface area contributed by atoms with Crippen LogP contribution in [0.3, 0.4) is 0 Å². The summed E-state index contributed by atoms with van der Waals surface area (Å²) in [6.45, 7) is 3.75. The van der Waals surface area contributed by atoms with E-state index in [1.807, 2.05) is 32.0 Å². The number of nitrogens with one attached hydrogen (secondary N) is 1. The van der Waals surface area contributed by atoms with Crippen molar-refractivity contribution in [2.45, 2.75) is 13.8 Å². The summed E-state index contributed by atoms with van der Waals surface area (Å²) in [5, 5.41) is 2.62. The Bertz CT molecular complexity index is 498. The molecule has 0 radical (unpaired) electrons. The topological polar surface area (TPSA) is 55.1 Å². The van der Waals surface area contributed by atoms with Crippen molar-refractivity contribution in [1.82, 2.24) is 4.98 Å². The molecule has 1 heterocycles. The van der Waals surface area contributed by atoms with E-state index in [9.17, 15) is 4.79 Å². The molecule has 4 heteroatoms. The molecule has 1 aromatic carbocycles. The number of rotatable bonds is 3. The highest BCUT2D eigenvalue weighted by Gasteiger charge is 2.11. The van der Waals surface area contributed by atoms with Gasteiger partial charge in [-0.2, -0.15) is 0 Å². The van der Waals surface area contributed by atoms with Gasteiger partial charge in [-0.15, -0.1) is 0 Å². The Labute approximate surface area is 93.3 Å². The van der Waals surface area contributed by atoms with E-state index in [0.717, 1.165) is 17.0 Å². The first-order chi connectivity index (χ1) is 7.72. The highest BCUT2D eigenvalue weighted by atomic mass is 16.4. The van der Waals surface area contributed by atoms with Gasteiger partial charge in [0.25, 0.3) is 0 Å². The maximum Gasteiger partial charge on any atom is 0.228 e. The average molecular weight is 216 g/mol. The van der Waals surface area contributed by atoms with Gasteiger partial charge in [0, 0.05) is 0 Å². The van der Waals surface area contributed by atoms with Gasteiger partial charge < -0.3 is 9.73 Å². The van der Waals surface area contributed by atoms with E-state index in [-0.39, 0.29) is 0 Å². The zero-order chi connectivity index (χ0) is 11.5. The molecule has 0 spiro atoms. The number of hydrogen-bond donors (Lipinski definition) is 1.